The smallest absolute Gasteiger partial charge is 0.244 e. The molecule has 4 nitrogen and oxygen atoms in total. The number of hydrogen-bond acceptors (Lipinski definition) is 5. The molecule has 0 bridgehead atoms. The Hall–Kier alpha value is -0.730. The Bertz CT molecular complexity index is 644. The van der Waals surface area contributed by atoms with E-state index in [4.69, 9.17) is 5.11 Å². The van der Waals surface area contributed by atoms with Gasteiger partial charge in [-0.15, -0.1) is 22.7 Å². The van der Waals surface area contributed by atoms with E-state index >= 15 is 0 Å². The van der Waals surface area contributed by atoms with E-state index in [9.17, 15) is 8.42 Å². The summed E-state index contributed by atoms with van der Waals surface area (Å²) < 4.78 is 26.9. The van der Waals surface area contributed by atoms with E-state index in [0.717, 1.165) is 4.88 Å². The molecule has 0 aliphatic heterocycles. The Morgan fingerprint density at radius 1 is 1.30 bits per heavy atom. The van der Waals surface area contributed by atoms with Gasteiger partial charge in [-0.05, 0) is 31.4 Å². The molecule has 0 amide bonds. The normalized spacial score (nSPS) is 12.4. The second kappa shape index (κ2) is 6.36. The van der Waals surface area contributed by atoms with Crippen LogP contribution < -0.4 is 0 Å². The van der Waals surface area contributed by atoms with Gasteiger partial charge in [0.1, 0.15) is 0 Å². The van der Waals surface area contributed by atoms with Crippen molar-refractivity contribution in [3.05, 3.63) is 38.7 Å². The maximum atomic E-state index is 12.7. The van der Waals surface area contributed by atoms with Crippen LogP contribution in [0.2, 0.25) is 0 Å². The van der Waals surface area contributed by atoms with E-state index in [1.165, 1.54) is 15.6 Å². The number of aliphatic hydroxyl groups excluding tert-OH is 1. The van der Waals surface area contributed by atoms with Gasteiger partial charge in [-0.3, -0.25) is 0 Å². The Morgan fingerprint density at radius 3 is 2.55 bits per heavy atom. The van der Waals surface area contributed by atoms with E-state index in [-0.39, 0.29) is 17.5 Å². The van der Waals surface area contributed by atoms with Crippen molar-refractivity contribution >= 4 is 32.7 Å². The zero-order valence-electron chi connectivity index (χ0n) is 11.3. The van der Waals surface area contributed by atoms with Crippen molar-refractivity contribution < 1.29 is 13.5 Å². The Kier molecular flexibility index (Phi) is 4.98. The summed E-state index contributed by atoms with van der Waals surface area (Å²) in [6.45, 7) is 3.98. The van der Waals surface area contributed by atoms with Crippen molar-refractivity contribution in [1.82, 2.24) is 4.31 Å². The van der Waals surface area contributed by atoms with Gasteiger partial charge in [0.15, 0.2) is 0 Å². The molecule has 20 heavy (non-hydrogen) atoms. The highest BCUT2D eigenvalue weighted by Crippen LogP contribution is 2.26. The zero-order chi connectivity index (χ0) is 14.8. The van der Waals surface area contributed by atoms with Crippen molar-refractivity contribution in [1.29, 1.82) is 0 Å². The number of hydrogen-bond donors (Lipinski definition) is 1. The van der Waals surface area contributed by atoms with E-state index in [0.29, 0.717) is 11.4 Å². The fraction of sp³-hybridized carbons (Fsp3) is 0.385. The first-order valence-electron chi connectivity index (χ1n) is 6.17. The molecule has 0 radical (unpaired) electrons. The number of aliphatic hydroxyl groups is 1. The summed E-state index contributed by atoms with van der Waals surface area (Å²) in [5.41, 5.74) is 0. The van der Waals surface area contributed by atoms with Crippen LogP contribution in [0.5, 0.6) is 0 Å². The minimum Gasteiger partial charge on any atom is -0.391 e. The van der Waals surface area contributed by atoms with Gasteiger partial charge in [0, 0.05) is 27.7 Å². The van der Waals surface area contributed by atoms with Crippen molar-refractivity contribution in [3.63, 3.8) is 0 Å². The number of nitrogens with zero attached hydrogens (tertiary/aromatic N) is 1. The van der Waals surface area contributed by atoms with E-state index in [1.807, 2.05) is 31.4 Å². The highest BCUT2D eigenvalue weighted by atomic mass is 32.2. The number of rotatable bonds is 6. The Balaban J connectivity index is 2.32. The molecule has 0 aliphatic carbocycles. The average Bonchev–Trinajstić information content (AvgIpc) is 3.06. The van der Waals surface area contributed by atoms with Crippen LogP contribution in [0, 0.1) is 0 Å². The van der Waals surface area contributed by atoms with Gasteiger partial charge < -0.3 is 5.11 Å². The summed E-state index contributed by atoms with van der Waals surface area (Å²) in [4.78, 5) is 1.93. The molecule has 0 unspecified atom stereocenters. The zero-order valence-corrected chi connectivity index (χ0v) is 13.8. The quantitative estimate of drug-likeness (QED) is 0.885. The fourth-order valence-electron chi connectivity index (χ4n) is 1.82. The summed E-state index contributed by atoms with van der Waals surface area (Å²) in [5.74, 6) is 0. The predicted octanol–water partition coefficient (Wildman–Crippen LogP) is 2.90. The van der Waals surface area contributed by atoms with E-state index < -0.39 is 10.0 Å². The van der Waals surface area contributed by atoms with Crippen LogP contribution in [0.1, 0.15) is 23.6 Å². The van der Waals surface area contributed by atoms with Crippen LogP contribution in [0.25, 0.3) is 0 Å². The van der Waals surface area contributed by atoms with Gasteiger partial charge in [0.2, 0.25) is 10.0 Å². The molecule has 2 heterocycles. The first-order chi connectivity index (χ1) is 9.45. The summed E-state index contributed by atoms with van der Waals surface area (Å²) in [6, 6.07) is 5.27. The molecular weight excluding hydrogens is 314 g/mol. The number of thiophene rings is 2. The molecule has 0 saturated carbocycles. The van der Waals surface area contributed by atoms with Gasteiger partial charge >= 0.3 is 0 Å². The maximum Gasteiger partial charge on any atom is 0.244 e. The van der Waals surface area contributed by atoms with Crippen molar-refractivity contribution in [3.8, 4) is 0 Å². The molecule has 110 valence electrons. The molecule has 0 aromatic carbocycles. The molecule has 0 spiro atoms. The fourth-order valence-corrected chi connectivity index (χ4v) is 5.34. The van der Waals surface area contributed by atoms with Crippen molar-refractivity contribution in [2.75, 3.05) is 0 Å². The lowest BCUT2D eigenvalue weighted by molar-refractivity contribution is 0.285. The number of sulfonamides is 1. The van der Waals surface area contributed by atoms with Crippen LogP contribution in [0.3, 0.4) is 0 Å². The monoisotopic (exact) mass is 331 g/mol. The van der Waals surface area contributed by atoms with Gasteiger partial charge in [-0.25, -0.2) is 8.42 Å². The highest BCUT2D eigenvalue weighted by molar-refractivity contribution is 7.89. The SMILES string of the molecule is CC(C)N(Cc1cccs1)S(=O)(=O)c1csc(CO)c1. The first kappa shape index (κ1) is 15.7. The minimum atomic E-state index is -3.53. The maximum absolute atomic E-state index is 12.7. The second-order valence-corrected chi connectivity index (χ2v) is 8.55. The van der Waals surface area contributed by atoms with Crippen LogP contribution in [0.15, 0.2) is 33.9 Å². The third-order valence-electron chi connectivity index (χ3n) is 2.86. The summed E-state index contributed by atoms with van der Waals surface area (Å²) in [7, 11) is -3.53. The van der Waals surface area contributed by atoms with Gasteiger partial charge in [0.05, 0.1) is 11.5 Å². The lowest BCUT2D eigenvalue weighted by Crippen LogP contribution is -2.35. The van der Waals surface area contributed by atoms with Crippen molar-refractivity contribution in [2.24, 2.45) is 0 Å². The largest absolute Gasteiger partial charge is 0.391 e. The highest BCUT2D eigenvalue weighted by Gasteiger charge is 2.28. The summed E-state index contributed by atoms with van der Waals surface area (Å²) in [5, 5.41) is 12.6. The van der Waals surface area contributed by atoms with Crippen LogP contribution in [-0.2, 0) is 23.2 Å². The molecule has 2 rings (SSSR count). The van der Waals surface area contributed by atoms with Crippen molar-refractivity contribution in [2.45, 2.75) is 37.9 Å². The Morgan fingerprint density at radius 2 is 2.05 bits per heavy atom. The molecule has 0 fully saturated rings. The topological polar surface area (TPSA) is 57.6 Å². The molecule has 7 heteroatoms. The van der Waals surface area contributed by atoms with Gasteiger partial charge in [-0.1, -0.05) is 6.07 Å². The van der Waals surface area contributed by atoms with E-state index in [2.05, 4.69) is 0 Å². The predicted molar refractivity (Wildman–Crippen MR) is 82.4 cm³/mol. The lowest BCUT2D eigenvalue weighted by atomic mass is 10.4. The molecule has 2 aromatic heterocycles. The third-order valence-corrected chi connectivity index (χ3v) is 6.79. The van der Waals surface area contributed by atoms with Crippen LogP contribution >= 0.6 is 22.7 Å². The summed E-state index contributed by atoms with van der Waals surface area (Å²) >= 11 is 2.81. The molecule has 0 aliphatic rings. The Labute approximate surface area is 127 Å². The molecule has 0 atom stereocenters. The third kappa shape index (κ3) is 3.29. The van der Waals surface area contributed by atoms with Crippen LogP contribution in [0.4, 0.5) is 0 Å². The summed E-state index contributed by atoms with van der Waals surface area (Å²) in [6.07, 6.45) is 0. The molecular formula is C13H17NO3S3. The molecule has 1 N–H and O–H groups in total. The average molecular weight is 331 g/mol. The van der Waals surface area contributed by atoms with Gasteiger partial charge in [0.25, 0.3) is 0 Å². The standard InChI is InChI=1S/C13H17NO3S3/c1-10(2)14(7-11-4-3-5-18-11)20(16,17)13-6-12(8-15)19-9-13/h3-6,9-10,15H,7-8H2,1-2H3. The second-order valence-electron chi connectivity index (χ2n) is 4.63. The first-order valence-corrected chi connectivity index (χ1v) is 9.37. The minimum absolute atomic E-state index is 0.125. The van der Waals surface area contributed by atoms with Gasteiger partial charge in [-0.2, -0.15) is 4.31 Å². The molecule has 0 saturated heterocycles. The lowest BCUT2D eigenvalue weighted by Gasteiger charge is -2.24. The van der Waals surface area contributed by atoms with Crippen LogP contribution in [-0.4, -0.2) is 23.9 Å². The molecule has 2 aromatic rings. The van der Waals surface area contributed by atoms with E-state index in [1.54, 1.807) is 22.8 Å².